The molecule has 3 heterocycles. The highest BCUT2D eigenvalue weighted by Gasteiger charge is 2.40. The molecule has 0 radical (unpaired) electrons. The van der Waals surface area contributed by atoms with Gasteiger partial charge in [0.15, 0.2) is 5.76 Å². The van der Waals surface area contributed by atoms with E-state index in [1.165, 1.54) is 6.42 Å². The van der Waals surface area contributed by atoms with Crippen LogP contribution in [0.15, 0.2) is 42.3 Å². The molecule has 1 aromatic carbocycles. The Labute approximate surface area is 207 Å². The normalized spacial score (nSPS) is 23.3. The van der Waals surface area contributed by atoms with Crippen LogP contribution in [-0.2, 0) is 14.3 Å². The number of carbonyl (C=O) groups excluding carboxylic acids is 2. The van der Waals surface area contributed by atoms with Crippen molar-refractivity contribution in [1.29, 1.82) is 0 Å². The summed E-state index contributed by atoms with van der Waals surface area (Å²) in [6.45, 7) is 5.47. The number of likely N-dealkylation sites (tertiary alicyclic amines) is 1. The number of hydrogen-bond donors (Lipinski definition) is 1. The first-order valence-electron chi connectivity index (χ1n) is 13.1. The molecule has 1 aromatic heterocycles. The molecule has 2 aromatic rings. The lowest BCUT2D eigenvalue weighted by atomic mass is 9.80. The van der Waals surface area contributed by atoms with E-state index in [0.29, 0.717) is 25.2 Å². The number of fused-ring (bicyclic) bond motifs is 1. The van der Waals surface area contributed by atoms with Gasteiger partial charge in [0, 0.05) is 56.6 Å². The van der Waals surface area contributed by atoms with Gasteiger partial charge in [0.05, 0.1) is 5.52 Å². The first-order valence-corrected chi connectivity index (χ1v) is 13.1. The largest absolute Gasteiger partial charge is 0.459 e. The molecule has 0 bridgehead atoms. The van der Waals surface area contributed by atoms with Crippen LogP contribution in [0.3, 0.4) is 0 Å². The molecule has 35 heavy (non-hydrogen) atoms. The van der Waals surface area contributed by atoms with E-state index < -0.39 is 6.29 Å². The number of ether oxygens (including phenoxy) is 2. The summed E-state index contributed by atoms with van der Waals surface area (Å²) < 4.78 is 13.9. The number of benzene rings is 1. The smallest absolute Gasteiger partial charge is 0.288 e. The molecule has 3 atom stereocenters. The number of aromatic nitrogens is 1. The molecule has 1 saturated heterocycles. The lowest BCUT2D eigenvalue weighted by Gasteiger charge is -2.38. The van der Waals surface area contributed by atoms with E-state index in [4.69, 9.17) is 9.47 Å². The topological polar surface area (TPSA) is 81.0 Å². The molecule has 190 valence electrons. The maximum atomic E-state index is 13.6. The second kappa shape index (κ2) is 11.9. The SMILES string of the molecule is CCO[C@@H]1OC(C(=O)N2CCCCCCC2)=C[C@H](c2cn(C(C)=O)c3ccccc23)[C@@H]1CCCO. The predicted molar refractivity (Wildman–Crippen MR) is 135 cm³/mol. The predicted octanol–water partition coefficient (Wildman–Crippen LogP) is 4.84. The van der Waals surface area contributed by atoms with Gasteiger partial charge < -0.3 is 19.5 Å². The quantitative estimate of drug-likeness (QED) is 0.611. The van der Waals surface area contributed by atoms with E-state index in [9.17, 15) is 14.7 Å². The minimum atomic E-state index is -0.602. The van der Waals surface area contributed by atoms with Gasteiger partial charge in [-0.3, -0.25) is 14.2 Å². The average Bonchev–Trinajstić information content (AvgIpc) is 3.22. The fourth-order valence-electron chi connectivity index (χ4n) is 5.45. The summed E-state index contributed by atoms with van der Waals surface area (Å²) >= 11 is 0. The number of nitrogens with zero attached hydrogens (tertiary/aromatic N) is 2. The second-order valence-corrected chi connectivity index (χ2v) is 9.58. The molecule has 1 fully saturated rings. The number of amides is 1. The molecule has 2 aliphatic heterocycles. The van der Waals surface area contributed by atoms with Crippen LogP contribution in [0.4, 0.5) is 0 Å². The summed E-state index contributed by atoms with van der Waals surface area (Å²) in [7, 11) is 0. The van der Waals surface area contributed by atoms with Crippen LogP contribution in [0, 0.1) is 5.92 Å². The van der Waals surface area contributed by atoms with Gasteiger partial charge in [-0.2, -0.15) is 0 Å². The fraction of sp³-hybridized carbons (Fsp3) is 0.571. The highest BCUT2D eigenvalue weighted by atomic mass is 16.7. The van der Waals surface area contributed by atoms with Crippen molar-refractivity contribution in [3.05, 3.63) is 47.9 Å². The maximum absolute atomic E-state index is 13.6. The second-order valence-electron chi connectivity index (χ2n) is 9.58. The molecule has 7 nitrogen and oxygen atoms in total. The Morgan fingerprint density at radius 2 is 1.83 bits per heavy atom. The van der Waals surface area contributed by atoms with Crippen LogP contribution in [-0.4, -0.2) is 59.0 Å². The van der Waals surface area contributed by atoms with Gasteiger partial charge in [-0.05, 0) is 50.3 Å². The van der Waals surface area contributed by atoms with Gasteiger partial charge in [0.1, 0.15) is 0 Å². The standard InChI is InChI=1S/C28H38N2O5/c1-3-34-28-22(13-11-17-31)23(24-19-30(20(2)32)25-14-8-7-12-21(24)25)18-26(35-28)27(33)29-15-9-5-4-6-10-16-29/h7-8,12,14,18-19,22-23,28,31H,3-6,9-11,13,15-17H2,1-2H3/t22-,23-,28+/m0/s1. The Balaban J connectivity index is 1.78. The van der Waals surface area contributed by atoms with Crippen molar-refractivity contribution < 1.29 is 24.2 Å². The van der Waals surface area contributed by atoms with Crippen molar-refractivity contribution in [3.8, 4) is 0 Å². The van der Waals surface area contributed by atoms with E-state index in [0.717, 1.165) is 55.2 Å². The monoisotopic (exact) mass is 482 g/mol. The van der Waals surface area contributed by atoms with Gasteiger partial charge in [-0.15, -0.1) is 0 Å². The van der Waals surface area contributed by atoms with Crippen LogP contribution in [0.2, 0.25) is 0 Å². The van der Waals surface area contributed by atoms with Crippen LogP contribution in [0.25, 0.3) is 10.9 Å². The van der Waals surface area contributed by atoms with Gasteiger partial charge in [0.2, 0.25) is 12.2 Å². The summed E-state index contributed by atoms with van der Waals surface area (Å²) in [5, 5.41) is 10.6. The molecule has 4 rings (SSSR count). The van der Waals surface area contributed by atoms with Crippen molar-refractivity contribution in [3.63, 3.8) is 0 Å². The Morgan fingerprint density at radius 3 is 2.51 bits per heavy atom. The Kier molecular flexibility index (Phi) is 8.63. The molecule has 0 saturated carbocycles. The number of aliphatic hydroxyl groups excluding tert-OH is 1. The van der Waals surface area contributed by atoms with Crippen molar-refractivity contribution in [2.45, 2.75) is 71.0 Å². The van der Waals surface area contributed by atoms with Crippen LogP contribution in [0.5, 0.6) is 0 Å². The lowest BCUT2D eigenvalue weighted by molar-refractivity contribution is -0.170. The van der Waals surface area contributed by atoms with Crippen molar-refractivity contribution >= 4 is 22.7 Å². The third-order valence-electron chi connectivity index (χ3n) is 7.21. The van der Waals surface area contributed by atoms with Gasteiger partial charge in [-0.25, -0.2) is 0 Å². The third-order valence-corrected chi connectivity index (χ3v) is 7.21. The Morgan fingerprint density at radius 1 is 1.11 bits per heavy atom. The molecular formula is C28H38N2O5. The summed E-state index contributed by atoms with van der Waals surface area (Å²) in [5.41, 5.74) is 1.82. The summed E-state index contributed by atoms with van der Waals surface area (Å²) in [4.78, 5) is 28.0. The number of rotatable bonds is 7. The maximum Gasteiger partial charge on any atom is 0.288 e. The molecule has 7 heteroatoms. The first kappa shape index (κ1) is 25.5. The molecule has 2 aliphatic rings. The van der Waals surface area contributed by atoms with E-state index in [1.807, 2.05) is 48.4 Å². The fourth-order valence-corrected chi connectivity index (χ4v) is 5.45. The molecule has 0 unspecified atom stereocenters. The molecule has 1 amide bonds. The van der Waals surface area contributed by atoms with E-state index >= 15 is 0 Å². The Bertz CT molecular complexity index is 1050. The van der Waals surface area contributed by atoms with Gasteiger partial charge in [0.25, 0.3) is 5.91 Å². The lowest BCUT2D eigenvalue weighted by Crippen LogP contribution is -2.41. The van der Waals surface area contributed by atoms with E-state index in [-0.39, 0.29) is 30.3 Å². The number of allylic oxidation sites excluding steroid dienone is 1. The van der Waals surface area contributed by atoms with Crippen molar-refractivity contribution in [2.24, 2.45) is 5.92 Å². The zero-order valence-corrected chi connectivity index (χ0v) is 20.9. The van der Waals surface area contributed by atoms with Crippen LogP contribution >= 0.6 is 0 Å². The van der Waals surface area contributed by atoms with Gasteiger partial charge in [-0.1, -0.05) is 37.5 Å². The highest BCUT2D eigenvalue weighted by molar-refractivity contribution is 5.95. The highest BCUT2D eigenvalue weighted by Crippen LogP contribution is 2.42. The first-order chi connectivity index (χ1) is 17.0. The summed E-state index contributed by atoms with van der Waals surface area (Å²) in [6.07, 6.45) is 10.0. The molecule has 0 aliphatic carbocycles. The van der Waals surface area contributed by atoms with Crippen LogP contribution in [0.1, 0.15) is 75.1 Å². The minimum absolute atomic E-state index is 0.0614. The molecule has 0 spiro atoms. The van der Waals surface area contributed by atoms with E-state index in [2.05, 4.69) is 0 Å². The average molecular weight is 483 g/mol. The zero-order chi connectivity index (χ0) is 24.8. The number of carbonyl (C=O) groups is 2. The molecule has 1 N–H and O–H groups in total. The number of hydrogen-bond acceptors (Lipinski definition) is 5. The summed E-state index contributed by atoms with van der Waals surface area (Å²) in [6, 6.07) is 7.85. The third kappa shape index (κ3) is 5.62. The van der Waals surface area contributed by atoms with Crippen molar-refractivity contribution in [1.82, 2.24) is 9.47 Å². The molecular weight excluding hydrogens is 444 g/mol. The van der Waals surface area contributed by atoms with E-state index in [1.54, 1.807) is 11.5 Å². The Hall–Kier alpha value is -2.64. The zero-order valence-electron chi connectivity index (χ0n) is 20.9. The van der Waals surface area contributed by atoms with Gasteiger partial charge >= 0.3 is 0 Å². The van der Waals surface area contributed by atoms with Crippen molar-refractivity contribution in [2.75, 3.05) is 26.3 Å². The number of para-hydroxylation sites is 1. The minimum Gasteiger partial charge on any atom is -0.459 e. The summed E-state index contributed by atoms with van der Waals surface area (Å²) in [5.74, 6) is -0.108. The van der Waals surface area contributed by atoms with Crippen LogP contribution < -0.4 is 0 Å². The number of aliphatic hydroxyl groups is 1.